The molecule has 1 N–H and O–H groups in total. The lowest BCUT2D eigenvalue weighted by molar-refractivity contribution is 0.101. The van der Waals surface area contributed by atoms with Crippen LogP contribution in [0.5, 0.6) is 0 Å². The summed E-state index contributed by atoms with van der Waals surface area (Å²) in [6, 6.07) is 0. The molecule has 0 aliphatic heterocycles. The second-order valence-electron chi connectivity index (χ2n) is 2.37. The molecule has 0 amide bonds. The van der Waals surface area contributed by atoms with Crippen molar-refractivity contribution in [3.05, 3.63) is 12.7 Å². The maximum atomic E-state index is 8.88. The summed E-state index contributed by atoms with van der Waals surface area (Å²) in [5.41, 5.74) is 0. The van der Waals surface area contributed by atoms with Gasteiger partial charge in [0.25, 0.3) is 0 Å². The lowest BCUT2D eigenvalue weighted by Gasteiger charge is -2.30. The maximum absolute atomic E-state index is 8.88. The Balaban J connectivity index is 1.97. The summed E-state index contributed by atoms with van der Waals surface area (Å²) in [5, 5.41) is 9.58. The smallest absolute Gasteiger partial charge is 0.0561 e. The van der Waals surface area contributed by atoms with Gasteiger partial charge in [-0.25, -0.2) is 0 Å². The molecule has 0 heterocycles. The molecule has 1 rings (SSSR count). The first kappa shape index (κ1) is 7.16. The van der Waals surface area contributed by atoms with Crippen LogP contribution in [0.1, 0.15) is 12.8 Å². The predicted octanol–water partition coefficient (Wildman–Crippen LogP) is 1.43. The summed E-state index contributed by atoms with van der Waals surface area (Å²) in [7, 11) is 0. The van der Waals surface area contributed by atoms with Crippen molar-refractivity contribution >= 4 is 11.8 Å². The number of rotatable bonds is 3. The number of thioether (sulfide) groups is 1. The molecule has 0 aromatic heterocycles. The van der Waals surface area contributed by atoms with Gasteiger partial charge < -0.3 is 5.11 Å². The minimum Gasteiger partial charge on any atom is -0.393 e. The van der Waals surface area contributed by atoms with Crippen LogP contribution in [0.15, 0.2) is 12.7 Å². The van der Waals surface area contributed by atoms with Crippen LogP contribution >= 0.6 is 11.8 Å². The molecule has 52 valence electrons. The lowest BCUT2D eigenvalue weighted by Crippen LogP contribution is -2.30. The zero-order valence-electron chi connectivity index (χ0n) is 5.42. The minimum atomic E-state index is -0.00712. The third kappa shape index (κ3) is 2.03. The second kappa shape index (κ2) is 3.28. The standard InChI is InChI=1S/C7H12OS/c1-2-3-9-7-4-6(8)5-7/h2,6-8H,1,3-5H2. The van der Waals surface area contributed by atoms with Gasteiger partial charge in [-0.05, 0) is 12.8 Å². The average molecular weight is 144 g/mol. The fourth-order valence-electron chi connectivity index (χ4n) is 0.878. The molecule has 0 spiro atoms. The molecule has 1 aliphatic carbocycles. The highest BCUT2D eigenvalue weighted by atomic mass is 32.2. The zero-order valence-corrected chi connectivity index (χ0v) is 6.23. The Bertz CT molecular complexity index is 97.1. The molecule has 9 heavy (non-hydrogen) atoms. The van der Waals surface area contributed by atoms with Gasteiger partial charge in [0, 0.05) is 11.0 Å². The largest absolute Gasteiger partial charge is 0.393 e. The molecule has 0 bridgehead atoms. The Morgan fingerprint density at radius 2 is 2.33 bits per heavy atom. The average Bonchev–Trinajstić information content (AvgIpc) is 1.78. The lowest BCUT2D eigenvalue weighted by atomic mass is 9.96. The van der Waals surface area contributed by atoms with E-state index in [0.717, 1.165) is 18.6 Å². The molecular formula is C7H12OS. The quantitative estimate of drug-likeness (QED) is 0.605. The fourth-order valence-corrected chi connectivity index (χ4v) is 2.00. The van der Waals surface area contributed by atoms with Crippen LogP contribution in [-0.4, -0.2) is 22.2 Å². The molecule has 0 aromatic rings. The van der Waals surface area contributed by atoms with Crippen molar-refractivity contribution in [2.75, 3.05) is 5.75 Å². The molecule has 0 aromatic carbocycles. The first-order valence-electron chi connectivity index (χ1n) is 3.23. The number of hydrogen-bond acceptors (Lipinski definition) is 2. The van der Waals surface area contributed by atoms with Crippen LogP contribution in [0.3, 0.4) is 0 Å². The van der Waals surface area contributed by atoms with Crippen molar-refractivity contribution in [1.82, 2.24) is 0 Å². The van der Waals surface area contributed by atoms with E-state index in [9.17, 15) is 0 Å². The van der Waals surface area contributed by atoms with Crippen LogP contribution in [0.4, 0.5) is 0 Å². The monoisotopic (exact) mass is 144 g/mol. The van der Waals surface area contributed by atoms with Crippen molar-refractivity contribution in [2.24, 2.45) is 0 Å². The van der Waals surface area contributed by atoms with E-state index in [0.29, 0.717) is 5.25 Å². The van der Waals surface area contributed by atoms with E-state index in [4.69, 9.17) is 5.11 Å². The molecule has 0 saturated heterocycles. The Morgan fingerprint density at radius 3 is 2.78 bits per heavy atom. The van der Waals surface area contributed by atoms with Crippen molar-refractivity contribution in [2.45, 2.75) is 24.2 Å². The van der Waals surface area contributed by atoms with Gasteiger partial charge in [0.2, 0.25) is 0 Å². The summed E-state index contributed by atoms with van der Waals surface area (Å²) in [5.74, 6) is 1.03. The van der Waals surface area contributed by atoms with Gasteiger partial charge in [0.15, 0.2) is 0 Å². The summed E-state index contributed by atoms with van der Waals surface area (Å²) in [4.78, 5) is 0. The first-order chi connectivity index (χ1) is 4.33. The third-order valence-electron chi connectivity index (χ3n) is 1.52. The van der Waals surface area contributed by atoms with Gasteiger partial charge in [0.05, 0.1) is 6.10 Å². The molecule has 0 radical (unpaired) electrons. The summed E-state index contributed by atoms with van der Waals surface area (Å²) in [6.07, 6.45) is 3.87. The van der Waals surface area contributed by atoms with Crippen LogP contribution in [0.2, 0.25) is 0 Å². The SMILES string of the molecule is C=CCSC1CC(O)C1. The Labute approximate surface area is 60.2 Å². The Kier molecular flexibility index (Phi) is 2.61. The van der Waals surface area contributed by atoms with Crippen molar-refractivity contribution in [1.29, 1.82) is 0 Å². The van der Waals surface area contributed by atoms with E-state index in [1.54, 1.807) is 0 Å². The van der Waals surface area contributed by atoms with E-state index < -0.39 is 0 Å². The molecule has 0 atom stereocenters. The number of aliphatic hydroxyl groups excluding tert-OH is 1. The van der Waals surface area contributed by atoms with E-state index in [1.807, 2.05) is 17.8 Å². The zero-order chi connectivity index (χ0) is 6.69. The predicted molar refractivity (Wildman–Crippen MR) is 41.7 cm³/mol. The van der Waals surface area contributed by atoms with Crippen LogP contribution in [-0.2, 0) is 0 Å². The van der Waals surface area contributed by atoms with E-state index in [2.05, 4.69) is 6.58 Å². The van der Waals surface area contributed by atoms with Gasteiger partial charge in [-0.1, -0.05) is 6.08 Å². The van der Waals surface area contributed by atoms with Crippen molar-refractivity contribution < 1.29 is 5.11 Å². The first-order valence-corrected chi connectivity index (χ1v) is 4.28. The van der Waals surface area contributed by atoms with Crippen molar-refractivity contribution in [3.63, 3.8) is 0 Å². The van der Waals surface area contributed by atoms with Crippen molar-refractivity contribution in [3.8, 4) is 0 Å². The molecule has 1 fully saturated rings. The van der Waals surface area contributed by atoms with Gasteiger partial charge in [0.1, 0.15) is 0 Å². The van der Waals surface area contributed by atoms with Crippen LogP contribution in [0, 0.1) is 0 Å². The summed E-state index contributed by atoms with van der Waals surface area (Å²) < 4.78 is 0. The third-order valence-corrected chi connectivity index (χ3v) is 2.80. The molecule has 2 heteroatoms. The van der Waals surface area contributed by atoms with Gasteiger partial charge in [-0.2, -0.15) is 11.8 Å². The molecule has 1 aliphatic rings. The van der Waals surface area contributed by atoms with Gasteiger partial charge in [-0.3, -0.25) is 0 Å². The van der Waals surface area contributed by atoms with E-state index in [-0.39, 0.29) is 6.10 Å². The Hall–Kier alpha value is 0.0500. The Morgan fingerprint density at radius 1 is 1.67 bits per heavy atom. The maximum Gasteiger partial charge on any atom is 0.0561 e. The molecule has 1 nitrogen and oxygen atoms in total. The summed E-state index contributed by atoms with van der Waals surface area (Å²) in [6.45, 7) is 3.63. The van der Waals surface area contributed by atoms with Gasteiger partial charge in [-0.15, -0.1) is 6.58 Å². The van der Waals surface area contributed by atoms with Gasteiger partial charge >= 0.3 is 0 Å². The molecular weight excluding hydrogens is 132 g/mol. The highest BCUT2D eigenvalue weighted by Gasteiger charge is 2.26. The number of hydrogen-bond donors (Lipinski definition) is 1. The van der Waals surface area contributed by atoms with E-state index in [1.165, 1.54) is 0 Å². The van der Waals surface area contributed by atoms with E-state index >= 15 is 0 Å². The van der Waals surface area contributed by atoms with Crippen LogP contribution < -0.4 is 0 Å². The molecule has 0 unspecified atom stereocenters. The topological polar surface area (TPSA) is 20.2 Å². The highest BCUT2D eigenvalue weighted by Crippen LogP contribution is 2.31. The molecule has 1 saturated carbocycles. The second-order valence-corrected chi connectivity index (χ2v) is 3.70. The highest BCUT2D eigenvalue weighted by molar-refractivity contribution is 8.00. The summed E-state index contributed by atoms with van der Waals surface area (Å²) >= 11 is 1.89. The number of aliphatic hydroxyl groups is 1. The van der Waals surface area contributed by atoms with Crippen LogP contribution in [0.25, 0.3) is 0 Å². The normalized spacial score (nSPS) is 33.4. The fraction of sp³-hybridized carbons (Fsp3) is 0.714. The minimum absolute atomic E-state index is 0.00712.